The number of rotatable bonds is 8. The van der Waals surface area contributed by atoms with E-state index in [1.807, 2.05) is 54.6 Å². The van der Waals surface area contributed by atoms with E-state index in [4.69, 9.17) is 5.73 Å². The highest BCUT2D eigenvalue weighted by atomic mass is 16.5. The zero-order valence-corrected chi connectivity index (χ0v) is 20.7. The minimum absolute atomic E-state index is 0.0298. The summed E-state index contributed by atoms with van der Waals surface area (Å²) >= 11 is 0. The molecule has 1 aliphatic rings. The second-order valence-electron chi connectivity index (χ2n) is 9.37. The molecule has 1 aromatic heterocycles. The van der Waals surface area contributed by atoms with Crippen molar-refractivity contribution in [1.82, 2.24) is 10.3 Å². The number of hydrogen-bond donors (Lipinski definition) is 3. The van der Waals surface area contributed by atoms with Crippen LogP contribution in [-0.2, 0) is 16.0 Å². The SMILES string of the molecule is COC(=O)Nc1ccc(-c2cc([C@H](Cc3ccccc3)NC(=O)C3CCC(CN)CC3)ccn2)cc1. The minimum atomic E-state index is -0.515. The van der Waals surface area contributed by atoms with Crippen molar-refractivity contribution >= 4 is 17.7 Å². The standard InChI is InChI=1S/C29H34N4O3/c1-36-29(35)32-25-13-11-22(12-14-25)26-18-24(15-16-31-26)27(17-20-5-3-2-4-6-20)33-28(34)23-9-7-21(19-30)8-10-23/h2-6,11-16,18,21,23,27H,7-10,17,19,30H2,1H3,(H,32,35)(H,33,34)/t21?,23?,27-/m0/s1. The molecule has 188 valence electrons. The molecule has 36 heavy (non-hydrogen) atoms. The quantitative estimate of drug-likeness (QED) is 0.411. The molecule has 1 atom stereocenters. The molecule has 1 aliphatic carbocycles. The van der Waals surface area contributed by atoms with Crippen molar-refractivity contribution in [2.24, 2.45) is 17.6 Å². The number of benzene rings is 2. The number of anilines is 1. The molecule has 4 N–H and O–H groups in total. The predicted octanol–water partition coefficient (Wildman–Crippen LogP) is 5.09. The third-order valence-corrected chi connectivity index (χ3v) is 6.95. The molecule has 0 aliphatic heterocycles. The van der Waals surface area contributed by atoms with Gasteiger partial charge in [0, 0.05) is 23.4 Å². The smallest absolute Gasteiger partial charge is 0.411 e. The first kappa shape index (κ1) is 25.4. The number of nitrogens with zero attached hydrogens (tertiary/aromatic N) is 1. The van der Waals surface area contributed by atoms with Gasteiger partial charge in [-0.15, -0.1) is 0 Å². The third kappa shape index (κ3) is 6.70. The largest absolute Gasteiger partial charge is 0.453 e. The topological polar surface area (TPSA) is 106 Å². The highest BCUT2D eigenvalue weighted by molar-refractivity contribution is 5.85. The van der Waals surface area contributed by atoms with Gasteiger partial charge in [-0.3, -0.25) is 15.1 Å². The van der Waals surface area contributed by atoms with Gasteiger partial charge in [0.05, 0.1) is 18.8 Å². The van der Waals surface area contributed by atoms with Crippen LogP contribution in [0.4, 0.5) is 10.5 Å². The Hall–Kier alpha value is -3.71. The Kier molecular flexibility index (Phi) is 8.68. The molecule has 1 heterocycles. The van der Waals surface area contributed by atoms with Crippen molar-refractivity contribution in [3.05, 3.63) is 84.1 Å². The molecule has 3 aromatic rings. The van der Waals surface area contributed by atoms with Crippen LogP contribution < -0.4 is 16.4 Å². The van der Waals surface area contributed by atoms with Crippen molar-refractivity contribution in [1.29, 1.82) is 0 Å². The molecule has 4 rings (SSSR count). The average Bonchev–Trinajstić information content (AvgIpc) is 2.93. The summed E-state index contributed by atoms with van der Waals surface area (Å²) in [7, 11) is 1.33. The molecule has 1 saturated carbocycles. The van der Waals surface area contributed by atoms with Crippen LogP contribution in [0.1, 0.15) is 42.9 Å². The number of ether oxygens (including phenoxy) is 1. The summed E-state index contributed by atoms with van der Waals surface area (Å²) in [5.74, 6) is 0.677. The van der Waals surface area contributed by atoms with E-state index in [2.05, 4.69) is 32.5 Å². The van der Waals surface area contributed by atoms with Crippen LogP contribution in [0.2, 0.25) is 0 Å². The molecule has 0 bridgehead atoms. The maximum Gasteiger partial charge on any atom is 0.411 e. The normalized spacial score (nSPS) is 18.2. The van der Waals surface area contributed by atoms with Crippen LogP contribution in [0.5, 0.6) is 0 Å². The van der Waals surface area contributed by atoms with E-state index < -0.39 is 6.09 Å². The second kappa shape index (κ2) is 12.3. The number of hydrogen-bond acceptors (Lipinski definition) is 5. The van der Waals surface area contributed by atoms with Gasteiger partial charge in [0.15, 0.2) is 0 Å². The van der Waals surface area contributed by atoms with Crippen molar-refractivity contribution in [3.8, 4) is 11.3 Å². The van der Waals surface area contributed by atoms with Crippen LogP contribution in [0, 0.1) is 11.8 Å². The van der Waals surface area contributed by atoms with Gasteiger partial charge in [-0.2, -0.15) is 0 Å². The van der Waals surface area contributed by atoms with Gasteiger partial charge < -0.3 is 15.8 Å². The van der Waals surface area contributed by atoms with E-state index in [1.54, 1.807) is 6.20 Å². The first-order chi connectivity index (χ1) is 17.6. The van der Waals surface area contributed by atoms with E-state index in [0.717, 1.165) is 48.1 Å². The Morgan fingerprint density at radius 2 is 1.75 bits per heavy atom. The van der Waals surface area contributed by atoms with Crippen LogP contribution in [0.25, 0.3) is 11.3 Å². The first-order valence-electron chi connectivity index (χ1n) is 12.5. The van der Waals surface area contributed by atoms with Crippen molar-refractivity contribution in [2.75, 3.05) is 19.0 Å². The summed E-state index contributed by atoms with van der Waals surface area (Å²) in [6.07, 6.45) is 5.76. The molecular formula is C29H34N4O3. The van der Waals surface area contributed by atoms with Gasteiger partial charge in [0.2, 0.25) is 5.91 Å². The Morgan fingerprint density at radius 1 is 1.03 bits per heavy atom. The van der Waals surface area contributed by atoms with Crippen molar-refractivity contribution < 1.29 is 14.3 Å². The van der Waals surface area contributed by atoms with Crippen LogP contribution >= 0.6 is 0 Å². The summed E-state index contributed by atoms with van der Waals surface area (Å²) in [5, 5.41) is 5.99. The minimum Gasteiger partial charge on any atom is -0.453 e. The number of nitrogens with one attached hydrogen (secondary N) is 2. The molecule has 7 nitrogen and oxygen atoms in total. The van der Waals surface area contributed by atoms with Crippen LogP contribution in [-0.4, -0.2) is 30.6 Å². The molecular weight excluding hydrogens is 452 g/mol. The van der Waals surface area contributed by atoms with Gasteiger partial charge in [-0.25, -0.2) is 4.79 Å². The van der Waals surface area contributed by atoms with Gasteiger partial charge in [-0.1, -0.05) is 42.5 Å². The molecule has 7 heteroatoms. The van der Waals surface area contributed by atoms with E-state index in [1.165, 1.54) is 7.11 Å². The number of carbonyl (C=O) groups excluding carboxylic acids is 2. The Balaban J connectivity index is 1.54. The monoisotopic (exact) mass is 486 g/mol. The second-order valence-corrected chi connectivity index (χ2v) is 9.37. The maximum absolute atomic E-state index is 13.3. The zero-order chi connectivity index (χ0) is 25.3. The lowest BCUT2D eigenvalue weighted by atomic mass is 9.81. The zero-order valence-electron chi connectivity index (χ0n) is 20.7. The third-order valence-electron chi connectivity index (χ3n) is 6.95. The summed E-state index contributed by atoms with van der Waals surface area (Å²) in [5.41, 5.74) is 10.3. The molecule has 0 spiro atoms. The lowest BCUT2D eigenvalue weighted by molar-refractivity contribution is -0.127. The summed E-state index contributed by atoms with van der Waals surface area (Å²) in [6.45, 7) is 0.699. The number of nitrogens with two attached hydrogens (primary N) is 1. The fraction of sp³-hybridized carbons (Fsp3) is 0.345. The van der Waals surface area contributed by atoms with E-state index in [0.29, 0.717) is 24.6 Å². The number of aromatic nitrogens is 1. The van der Waals surface area contributed by atoms with Gasteiger partial charge in [-0.05, 0) is 80.0 Å². The van der Waals surface area contributed by atoms with Gasteiger partial charge >= 0.3 is 6.09 Å². The van der Waals surface area contributed by atoms with Gasteiger partial charge in [0.1, 0.15) is 0 Å². The maximum atomic E-state index is 13.3. The lowest BCUT2D eigenvalue weighted by Crippen LogP contribution is -2.37. The van der Waals surface area contributed by atoms with E-state index in [-0.39, 0.29) is 17.9 Å². The first-order valence-corrected chi connectivity index (χ1v) is 12.5. The molecule has 0 radical (unpaired) electrons. The summed E-state index contributed by atoms with van der Waals surface area (Å²) < 4.78 is 4.64. The highest BCUT2D eigenvalue weighted by Crippen LogP contribution is 2.30. The number of methoxy groups -OCH3 is 1. The molecule has 2 aromatic carbocycles. The number of carbonyl (C=O) groups is 2. The fourth-order valence-electron chi connectivity index (χ4n) is 4.77. The highest BCUT2D eigenvalue weighted by Gasteiger charge is 2.27. The molecule has 0 unspecified atom stereocenters. The lowest BCUT2D eigenvalue weighted by Gasteiger charge is -2.29. The predicted molar refractivity (Wildman–Crippen MR) is 141 cm³/mol. The average molecular weight is 487 g/mol. The van der Waals surface area contributed by atoms with Crippen molar-refractivity contribution in [3.63, 3.8) is 0 Å². The molecule has 1 fully saturated rings. The van der Waals surface area contributed by atoms with Crippen molar-refractivity contribution in [2.45, 2.75) is 38.1 Å². The Morgan fingerprint density at radius 3 is 2.42 bits per heavy atom. The van der Waals surface area contributed by atoms with E-state index >= 15 is 0 Å². The Bertz CT molecular complexity index is 1140. The van der Waals surface area contributed by atoms with Gasteiger partial charge in [0.25, 0.3) is 0 Å². The van der Waals surface area contributed by atoms with Crippen LogP contribution in [0.3, 0.4) is 0 Å². The summed E-state index contributed by atoms with van der Waals surface area (Å²) in [6, 6.07) is 21.4. The van der Waals surface area contributed by atoms with E-state index in [9.17, 15) is 9.59 Å². The Labute approximate surface area is 212 Å². The number of pyridine rings is 1. The van der Waals surface area contributed by atoms with Crippen LogP contribution in [0.15, 0.2) is 72.9 Å². The molecule has 0 saturated heterocycles. The number of amides is 2. The molecule has 2 amide bonds. The fourth-order valence-corrected chi connectivity index (χ4v) is 4.77. The summed E-state index contributed by atoms with van der Waals surface area (Å²) in [4.78, 5) is 29.3.